The Morgan fingerprint density at radius 1 is 0.773 bits per heavy atom. The number of benzene rings is 3. The summed E-state index contributed by atoms with van der Waals surface area (Å²) in [7, 11) is 3.10. The van der Waals surface area contributed by atoms with Crippen molar-refractivity contribution in [3.63, 3.8) is 0 Å². The van der Waals surface area contributed by atoms with Crippen molar-refractivity contribution in [3.8, 4) is 23.0 Å². The van der Waals surface area contributed by atoms with E-state index in [1.54, 1.807) is 49.6 Å². The number of nitrogens with zero attached hydrogens (tertiary/aromatic N) is 1. The smallest absolute Gasteiger partial charge is 0.277 e. The van der Waals surface area contributed by atoms with Gasteiger partial charge in [0, 0.05) is 5.69 Å². The molecule has 0 unspecified atom stereocenters. The number of hydrazone groups is 1. The molecule has 9 nitrogen and oxygen atoms in total. The summed E-state index contributed by atoms with van der Waals surface area (Å²) < 4.78 is 21.8. The third kappa shape index (κ3) is 6.82. The largest absolute Gasteiger partial charge is 0.497 e. The highest BCUT2D eigenvalue weighted by Crippen LogP contribution is 2.60. The zero-order chi connectivity index (χ0) is 30.5. The van der Waals surface area contributed by atoms with E-state index >= 15 is 0 Å². The Morgan fingerprint density at radius 3 is 2.05 bits per heavy atom. The zero-order valence-electron chi connectivity index (χ0n) is 25.2. The van der Waals surface area contributed by atoms with Gasteiger partial charge in [0.15, 0.2) is 24.7 Å². The van der Waals surface area contributed by atoms with Crippen molar-refractivity contribution in [1.29, 1.82) is 0 Å². The Hall–Kier alpha value is -4.53. The van der Waals surface area contributed by atoms with Crippen molar-refractivity contribution in [2.24, 2.45) is 22.9 Å². The Labute approximate surface area is 257 Å². The number of nitrogens with one attached hydrogen (secondary N) is 2. The maximum absolute atomic E-state index is 12.7. The second-order valence-corrected chi connectivity index (χ2v) is 12.3. The maximum Gasteiger partial charge on any atom is 0.277 e. The number of methoxy groups -OCH3 is 2. The van der Waals surface area contributed by atoms with Crippen LogP contribution in [-0.2, 0) is 15.0 Å². The van der Waals surface area contributed by atoms with Crippen molar-refractivity contribution in [3.05, 3.63) is 77.9 Å². The van der Waals surface area contributed by atoms with Crippen LogP contribution in [0.4, 0.5) is 5.69 Å². The number of amides is 2. The first-order chi connectivity index (χ1) is 21.4. The van der Waals surface area contributed by atoms with E-state index in [1.807, 2.05) is 12.1 Å². The first-order valence-corrected chi connectivity index (χ1v) is 15.2. The van der Waals surface area contributed by atoms with Crippen molar-refractivity contribution < 1.29 is 28.5 Å². The van der Waals surface area contributed by atoms with Gasteiger partial charge in [-0.1, -0.05) is 12.1 Å². The molecule has 9 heteroatoms. The average molecular weight is 598 g/mol. The molecule has 0 spiro atoms. The molecule has 4 aliphatic carbocycles. The van der Waals surface area contributed by atoms with E-state index in [0.29, 0.717) is 34.0 Å². The van der Waals surface area contributed by atoms with Crippen LogP contribution in [-0.4, -0.2) is 45.5 Å². The standard InChI is InChI=1S/C35H39N3O6/c1-41-29-8-10-30(11-9-29)43-22-34(40)38-36-20-23-3-12-31(32(16-23)42-2)44-21-33(39)37-28-6-4-27(5-7-28)35-17-24-13-25(18-35)15-26(14-24)19-35/h3-12,16,20,24-26H,13-15,17-19,21-22H2,1-2H3,(H,37,39)(H,38,40)/b36-20+. The van der Waals surface area contributed by atoms with E-state index in [1.165, 1.54) is 57.4 Å². The van der Waals surface area contributed by atoms with Crippen LogP contribution in [0.1, 0.15) is 49.7 Å². The fraction of sp³-hybridized carbons (Fsp3) is 0.400. The predicted molar refractivity (Wildman–Crippen MR) is 168 cm³/mol. The SMILES string of the molecule is COc1ccc(OCC(=O)N/N=C/c2ccc(OCC(=O)Nc3ccc(C45CC6CC(CC(C6)C4)C5)cc3)c(OC)c2)cc1. The predicted octanol–water partition coefficient (Wildman–Crippen LogP) is 5.72. The molecule has 4 aliphatic rings. The summed E-state index contributed by atoms with van der Waals surface area (Å²) in [6.07, 6.45) is 9.72. The molecule has 2 N–H and O–H groups in total. The quantitative estimate of drug-likeness (QED) is 0.204. The molecule has 3 aromatic carbocycles. The Kier molecular flexibility index (Phi) is 8.72. The van der Waals surface area contributed by atoms with E-state index in [2.05, 4.69) is 28.0 Å². The number of ether oxygens (including phenoxy) is 4. The number of anilines is 1. The summed E-state index contributed by atoms with van der Waals surface area (Å²) in [4.78, 5) is 24.8. The fourth-order valence-corrected chi connectivity index (χ4v) is 7.63. The van der Waals surface area contributed by atoms with Gasteiger partial charge in [0.05, 0.1) is 20.4 Å². The number of hydrogen-bond donors (Lipinski definition) is 2. The lowest BCUT2D eigenvalue weighted by Crippen LogP contribution is -2.48. The van der Waals surface area contributed by atoms with Crippen LogP contribution < -0.4 is 29.7 Å². The van der Waals surface area contributed by atoms with Gasteiger partial charge in [-0.05, 0) is 127 Å². The molecular formula is C35H39N3O6. The van der Waals surface area contributed by atoms with Gasteiger partial charge in [-0.3, -0.25) is 9.59 Å². The summed E-state index contributed by atoms with van der Waals surface area (Å²) >= 11 is 0. The number of carbonyl (C=O) groups excluding carboxylic acids is 2. The van der Waals surface area contributed by atoms with Gasteiger partial charge in [-0.25, -0.2) is 5.43 Å². The molecule has 4 saturated carbocycles. The minimum atomic E-state index is -0.405. The van der Waals surface area contributed by atoms with Crippen LogP contribution in [0.2, 0.25) is 0 Å². The minimum absolute atomic E-state index is 0.162. The molecule has 3 aromatic rings. The molecule has 0 aromatic heterocycles. The summed E-state index contributed by atoms with van der Waals surface area (Å²) in [5.41, 5.74) is 5.64. The summed E-state index contributed by atoms with van der Waals surface area (Å²) in [6.45, 7) is -0.348. The van der Waals surface area contributed by atoms with E-state index in [4.69, 9.17) is 18.9 Å². The normalized spacial score (nSPS) is 23.3. The highest BCUT2D eigenvalue weighted by atomic mass is 16.5. The fourth-order valence-electron chi connectivity index (χ4n) is 7.63. The van der Waals surface area contributed by atoms with Gasteiger partial charge in [-0.15, -0.1) is 0 Å². The second kappa shape index (κ2) is 13.0. The Morgan fingerprint density at radius 2 is 1.41 bits per heavy atom. The lowest BCUT2D eigenvalue weighted by Gasteiger charge is -2.57. The molecule has 0 aliphatic heterocycles. The van der Waals surface area contributed by atoms with Crippen LogP contribution in [0.3, 0.4) is 0 Å². The molecule has 0 heterocycles. The number of hydrogen-bond acceptors (Lipinski definition) is 7. The van der Waals surface area contributed by atoms with Gasteiger partial charge >= 0.3 is 0 Å². The highest BCUT2D eigenvalue weighted by molar-refractivity contribution is 5.92. The molecule has 2 amide bonds. The molecule has 0 atom stereocenters. The summed E-state index contributed by atoms with van der Waals surface area (Å²) in [5, 5.41) is 6.92. The van der Waals surface area contributed by atoms with Gasteiger partial charge < -0.3 is 24.3 Å². The first kappa shape index (κ1) is 29.5. The molecule has 4 fully saturated rings. The minimum Gasteiger partial charge on any atom is -0.497 e. The molecule has 0 radical (unpaired) electrons. The van der Waals surface area contributed by atoms with Gasteiger partial charge in [-0.2, -0.15) is 5.10 Å². The highest BCUT2D eigenvalue weighted by Gasteiger charge is 2.51. The molecule has 230 valence electrons. The second-order valence-electron chi connectivity index (χ2n) is 12.3. The lowest BCUT2D eigenvalue weighted by molar-refractivity contribution is -0.123. The maximum atomic E-state index is 12.7. The van der Waals surface area contributed by atoms with Crippen LogP contribution >= 0.6 is 0 Å². The van der Waals surface area contributed by atoms with E-state index in [9.17, 15) is 9.59 Å². The first-order valence-electron chi connectivity index (χ1n) is 15.2. The van der Waals surface area contributed by atoms with Crippen molar-refractivity contribution in [2.75, 3.05) is 32.8 Å². The topological polar surface area (TPSA) is 107 Å². The van der Waals surface area contributed by atoms with Crippen molar-refractivity contribution in [2.45, 2.75) is 43.9 Å². The monoisotopic (exact) mass is 597 g/mol. The van der Waals surface area contributed by atoms with Crippen LogP contribution in [0.15, 0.2) is 71.8 Å². The zero-order valence-corrected chi connectivity index (χ0v) is 25.2. The molecule has 0 saturated heterocycles. The van der Waals surface area contributed by atoms with E-state index in [-0.39, 0.29) is 19.1 Å². The van der Waals surface area contributed by atoms with E-state index < -0.39 is 5.91 Å². The average Bonchev–Trinajstić information content (AvgIpc) is 3.03. The van der Waals surface area contributed by atoms with Gasteiger partial charge in [0.2, 0.25) is 0 Å². The van der Waals surface area contributed by atoms with Gasteiger partial charge in [0.1, 0.15) is 11.5 Å². The van der Waals surface area contributed by atoms with Crippen LogP contribution in [0, 0.1) is 17.8 Å². The molecule has 44 heavy (non-hydrogen) atoms. The number of rotatable bonds is 12. The van der Waals surface area contributed by atoms with Crippen LogP contribution in [0.25, 0.3) is 0 Å². The van der Waals surface area contributed by atoms with Crippen molar-refractivity contribution in [1.82, 2.24) is 5.43 Å². The van der Waals surface area contributed by atoms with Gasteiger partial charge in [0.25, 0.3) is 11.8 Å². The molecule has 7 rings (SSSR count). The van der Waals surface area contributed by atoms with Crippen molar-refractivity contribution >= 4 is 23.7 Å². The Balaban J connectivity index is 0.964. The summed E-state index contributed by atoms with van der Waals surface area (Å²) in [6, 6.07) is 20.5. The Bertz CT molecular complexity index is 1470. The summed E-state index contributed by atoms with van der Waals surface area (Å²) in [5.74, 6) is 4.15. The third-order valence-corrected chi connectivity index (χ3v) is 9.20. The van der Waals surface area contributed by atoms with Crippen LogP contribution in [0.5, 0.6) is 23.0 Å². The number of carbonyl (C=O) groups is 2. The third-order valence-electron chi connectivity index (χ3n) is 9.20. The molecule has 4 bridgehead atoms. The molecular weight excluding hydrogens is 558 g/mol. The van der Waals surface area contributed by atoms with E-state index in [0.717, 1.165) is 23.4 Å². The lowest BCUT2D eigenvalue weighted by atomic mass is 9.48.